The number of hydrogen-bond acceptors (Lipinski definition) is 3. The lowest BCUT2D eigenvalue weighted by Crippen LogP contribution is -2.47. The fourth-order valence-corrected chi connectivity index (χ4v) is 3.14. The zero-order valence-corrected chi connectivity index (χ0v) is 15.2. The van der Waals surface area contributed by atoms with Crippen LogP contribution in [0.4, 0.5) is 10.1 Å². The van der Waals surface area contributed by atoms with Crippen LogP contribution in [-0.2, 0) is 11.3 Å². The highest BCUT2D eigenvalue weighted by Gasteiger charge is 2.17. The molecule has 1 fully saturated rings. The summed E-state index contributed by atoms with van der Waals surface area (Å²) in [5, 5.41) is 2.99. The smallest absolute Gasteiger partial charge is 0.221 e. The monoisotopic (exact) mass is 355 g/mol. The van der Waals surface area contributed by atoms with Gasteiger partial charge in [-0.3, -0.25) is 9.69 Å². The summed E-state index contributed by atoms with van der Waals surface area (Å²) in [7, 11) is 0. The lowest BCUT2D eigenvalue weighted by Gasteiger charge is -2.36. The van der Waals surface area contributed by atoms with Gasteiger partial charge in [-0.15, -0.1) is 0 Å². The first-order valence-electron chi connectivity index (χ1n) is 9.15. The number of nitrogens with one attached hydrogen (secondary N) is 1. The molecule has 2 aromatic rings. The summed E-state index contributed by atoms with van der Waals surface area (Å²) < 4.78 is 13.0. The normalized spacial score (nSPS) is 15.1. The zero-order chi connectivity index (χ0) is 18.4. The van der Waals surface area contributed by atoms with Crippen molar-refractivity contribution in [2.75, 3.05) is 37.6 Å². The van der Waals surface area contributed by atoms with Gasteiger partial charge < -0.3 is 10.2 Å². The topological polar surface area (TPSA) is 35.6 Å². The molecule has 1 amide bonds. The van der Waals surface area contributed by atoms with Crippen molar-refractivity contribution in [1.29, 1.82) is 0 Å². The molecule has 0 radical (unpaired) electrons. The van der Waals surface area contributed by atoms with Gasteiger partial charge >= 0.3 is 0 Å². The molecule has 0 saturated carbocycles. The fraction of sp³-hybridized carbons (Fsp3) is 0.381. The second-order valence-corrected chi connectivity index (χ2v) is 6.82. The SMILES string of the molecule is Cc1ccc(CNC(=O)CCN2CCN(c3ccc(F)cc3)CC2)cc1. The number of carbonyl (C=O) groups excluding carboxylic acids is 1. The minimum absolute atomic E-state index is 0.0894. The molecule has 3 rings (SSSR count). The molecule has 4 nitrogen and oxygen atoms in total. The van der Waals surface area contributed by atoms with Crippen molar-refractivity contribution in [3.05, 3.63) is 65.5 Å². The van der Waals surface area contributed by atoms with E-state index in [1.165, 1.54) is 17.7 Å². The van der Waals surface area contributed by atoms with Gasteiger partial charge in [0, 0.05) is 51.4 Å². The Morgan fingerprint density at radius 1 is 1.00 bits per heavy atom. The molecular weight excluding hydrogens is 329 g/mol. The molecule has 0 aromatic heterocycles. The number of halogens is 1. The van der Waals surface area contributed by atoms with Crippen molar-refractivity contribution in [2.24, 2.45) is 0 Å². The van der Waals surface area contributed by atoms with E-state index < -0.39 is 0 Å². The van der Waals surface area contributed by atoms with Crippen molar-refractivity contribution in [3.8, 4) is 0 Å². The van der Waals surface area contributed by atoms with Crippen LogP contribution in [0, 0.1) is 12.7 Å². The Morgan fingerprint density at radius 3 is 2.31 bits per heavy atom. The number of piperazine rings is 1. The van der Waals surface area contributed by atoms with Gasteiger partial charge in [0.25, 0.3) is 0 Å². The van der Waals surface area contributed by atoms with Crippen molar-refractivity contribution in [2.45, 2.75) is 19.9 Å². The molecule has 2 aromatic carbocycles. The predicted molar refractivity (Wildman–Crippen MR) is 103 cm³/mol. The molecule has 1 aliphatic heterocycles. The second kappa shape index (κ2) is 8.81. The number of amides is 1. The molecule has 0 spiro atoms. The van der Waals surface area contributed by atoms with Gasteiger partial charge in [0.05, 0.1) is 0 Å². The lowest BCUT2D eigenvalue weighted by molar-refractivity contribution is -0.121. The molecule has 1 N–H and O–H groups in total. The molecule has 5 heteroatoms. The third kappa shape index (κ3) is 5.30. The maximum atomic E-state index is 13.0. The maximum absolute atomic E-state index is 13.0. The number of aryl methyl sites for hydroxylation is 1. The summed E-state index contributed by atoms with van der Waals surface area (Å²) in [5.74, 6) is -0.115. The van der Waals surface area contributed by atoms with Crippen LogP contribution in [0.1, 0.15) is 17.5 Å². The highest BCUT2D eigenvalue weighted by Crippen LogP contribution is 2.16. The van der Waals surface area contributed by atoms with E-state index in [9.17, 15) is 9.18 Å². The number of anilines is 1. The van der Waals surface area contributed by atoms with Gasteiger partial charge in [0.1, 0.15) is 5.82 Å². The molecule has 0 aliphatic carbocycles. The average Bonchev–Trinajstić information content (AvgIpc) is 2.67. The summed E-state index contributed by atoms with van der Waals surface area (Å²) in [6.07, 6.45) is 0.516. The Morgan fingerprint density at radius 2 is 1.65 bits per heavy atom. The number of benzene rings is 2. The molecule has 1 heterocycles. The largest absolute Gasteiger partial charge is 0.369 e. The van der Waals surface area contributed by atoms with Gasteiger partial charge in [-0.25, -0.2) is 4.39 Å². The Hall–Kier alpha value is -2.40. The second-order valence-electron chi connectivity index (χ2n) is 6.82. The third-order valence-electron chi connectivity index (χ3n) is 4.83. The van der Waals surface area contributed by atoms with Gasteiger partial charge in [0.2, 0.25) is 5.91 Å². The van der Waals surface area contributed by atoms with Crippen LogP contribution in [-0.4, -0.2) is 43.5 Å². The average molecular weight is 355 g/mol. The fourth-order valence-electron chi connectivity index (χ4n) is 3.14. The van der Waals surface area contributed by atoms with Crippen LogP contribution in [0.5, 0.6) is 0 Å². The van der Waals surface area contributed by atoms with Crippen LogP contribution in [0.3, 0.4) is 0 Å². The van der Waals surface area contributed by atoms with Crippen LogP contribution < -0.4 is 10.2 Å². The molecule has 1 aliphatic rings. The molecule has 0 atom stereocenters. The summed E-state index contributed by atoms with van der Waals surface area (Å²) in [4.78, 5) is 16.6. The number of hydrogen-bond donors (Lipinski definition) is 1. The molecular formula is C21H26FN3O. The molecule has 1 saturated heterocycles. The maximum Gasteiger partial charge on any atom is 0.221 e. The number of carbonyl (C=O) groups is 1. The summed E-state index contributed by atoms with van der Waals surface area (Å²) >= 11 is 0. The summed E-state index contributed by atoms with van der Waals surface area (Å²) in [5.41, 5.74) is 3.40. The molecule has 0 unspecified atom stereocenters. The van der Waals surface area contributed by atoms with Crippen LogP contribution in [0.25, 0.3) is 0 Å². The van der Waals surface area contributed by atoms with E-state index in [1.807, 2.05) is 24.3 Å². The van der Waals surface area contributed by atoms with Crippen LogP contribution in [0.15, 0.2) is 48.5 Å². The Labute approximate surface area is 154 Å². The van der Waals surface area contributed by atoms with E-state index in [0.717, 1.165) is 44.0 Å². The van der Waals surface area contributed by atoms with E-state index in [4.69, 9.17) is 0 Å². The minimum atomic E-state index is -0.205. The van der Waals surface area contributed by atoms with Crippen molar-refractivity contribution in [3.63, 3.8) is 0 Å². The number of rotatable bonds is 6. The molecule has 26 heavy (non-hydrogen) atoms. The first-order chi connectivity index (χ1) is 12.6. The highest BCUT2D eigenvalue weighted by atomic mass is 19.1. The summed E-state index contributed by atoms with van der Waals surface area (Å²) in [6.45, 7) is 7.05. The van der Waals surface area contributed by atoms with E-state index in [1.54, 1.807) is 0 Å². The first kappa shape index (κ1) is 18.4. The predicted octanol–water partition coefficient (Wildman–Crippen LogP) is 2.96. The van der Waals surface area contributed by atoms with Crippen molar-refractivity contribution >= 4 is 11.6 Å². The Kier molecular flexibility index (Phi) is 6.23. The van der Waals surface area contributed by atoms with E-state index in [2.05, 4.69) is 34.2 Å². The first-order valence-corrected chi connectivity index (χ1v) is 9.15. The Bertz CT molecular complexity index is 707. The van der Waals surface area contributed by atoms with Crippen LogP contribution >= 0.6 is 0 Å². The quantitative estimate of drug-likeness (QED) is 0.865. The van der Waals surface area contributed by atoms with Crippen molar-refractivity contribution in [1.82, 2.24) is 10.2 Å². The molecule has 138 valence electrons. The number of nitrogens with zero attached hydrogens (tertiary/aromatic N) is 2. The van der Waals surface area contributed by atoms with Crippen LogP contribution in [0.2, 0.25) is 0 Å². The molecule has 0 bridgehead atoms. The standard InChI is InChI=1S/C21H26FN3O/c1-17-2-4-18(5-3-17)16-23-21(26)10-11-24-12-14-25(15-13-24)20-8-6-19(22)7-9-20/h2-9H,10-16H2,1H3,(H,23,26). The Balaban J connectivity index is 1.36. The van der Waals surface area contributed by atoms with E-state index >= 15 is 0 Å². The highest BCUT2D eigenvalue weighted by molar-refractivity contribution is 5.76. The third-order valence-corrected chi connectivity index (χ3v) is 4.83. The van der Waals surface area contributed by atoms with Gasteiger partial charge in [-0.2, -0.15) is 0 Å². The summed E-state index contributed by atoms with van der Waals surface area (Å²) in [6, 6.07) is 14.9. The van der Waals surface area contributed by atoms with Gasteiger partial charge in [-0.05, 0) is 36.8 Å². The van der Waals surface area contributed by atoms with E-state index in [-0.39, 0.29) is 11.7 Å². The lowest BCUT2D eigenvalue weighted by atomic mass is 10.1. The zero-order valence-electron chi connectivity index (χ0n) is 15.2. The van der Waals surface area contributed by atoms with Gasteiger partial charge in [-0.1, -0.05) is 29.8 Å². The van der Waals surface area contributed by atoms with E-state index in [0.29, 0.717) is 13.0 Å². The minimum Gasteiger partial charge on any atom is -0.369 e. The van der Waals surface area contributed by atoms with Gasteiger partial charge in [0.15, 0.2) is 0 Å². The van der Waals surface area contributed by atoms with Crippen molar-refractivity contribution < 1.29 is 9.18 Å².